The third-order valence-electron chi connectivity index (χ3n) is 5.52. The van der Waals surface area contributed by atoms with Crippen LogP contribution in [0.2, 0.25) is 0 Å². The van der Waals surface area contributed by atoms with E-state index in [-0.39, 0.29) is 17.4 Å². The average molecular weight is 472 g/mol. The maximum atomic E-state index is 12.5. The summed E-state index contributed by atoms with van der Waals surface area (Å²) in [6, 6.07) is 16.4. The first kappa shape index (κ1) is 25.0. The Labute approximate surface area is 197 Å². The highest BCUT2D eigenvalue weighted by molar-refractivity contribution is 7.89. The first-order valence-electron chi connectivity index (χ1n) is 11.4. The molecule has 0 radical (unpaired) electrons. The number of benzene rings is 2. The van der Waals surface area contributed by atoms with Gasteiger partial charge >= 0.3 is 0 Å². The molecule has 1 aliphatic rings. The number of ether oxygens (including phenoxy) is 1. The first-order valence-corrected chi connectivity index (χ1v) is 12.9. The Kier molecular flexibility index (Phi) is 9.47. The average Bonchev–Trinajstić information content (AvgIpc) is 2.84. The Hall–Kier alpha value is -2.68. The number of carbonyl (C=O) groups excluding carboxylic acids is 1. The van der Waals surface area contributed by atoms with E-state index in [2.05, 4.69) is 33.9 Å². The monoisotopic (exact) mass is 471 g/mol. The van der Waals surface area contributed by atoms with Gasteiger partial charge in [0.05, 0.1) is 4.90 Å². The van der Waals surface area contributed by atoms with E-state index >= 15 is 0 Å². The van der Waals surface area contributed by atoms with Crippen molar-refractivity contribution in [3.8, 4) is 5.75 Å². The minimum absolute atomic E-state index is 0.0608. The SMILES string of the molecule is CCCCNS(=O)(=O)c1ccc(OCC(=O)N2CCN(C/C=C/c3ccccc3)CC2)cc1. The number of amides is 1. The lowest BCUT2D eigenvalue weighted by atomic mass is 10.2. The molecule has 33 heavy (non-hydrogen) atoms. The van der Waals surface area contributed by atoms with Crippen LogP contribution in [0.1, 0.15) is 25.3 Å². The molecule has 1 aliphatic heterocycles. The zero-order valence-electron chi connectivity index (χ0n) is 19.2. The molecule has 0 saturated carbocycles. The van der Waals surface area contributed by atoms with Crippen molar-refractivity contribution in [1.29, 1.82) is 0 Å². The number of piperazine rings is 1. The van der Waals surface area contributed by atoms with Gasteiger partial charge in [0.25, 0.3) is 5.91 Å². The van der Waals surface area contributed by atoms with Gasteiger partial charge in [0.1, 0.15) is 5.75 Å². The number of rotatable bonds is 11. The normalized spacial score (nSPS) is 15.1. The predicted octanol–water partition coefficient (Wildman–Crippen LogP) is 3.00. The molecule has 1 amide bonds. The van der Waals surface area contributed by atoms with Crippen molar-refractivity contribution < 1.29 is 17.9 Å². The number of hydrogen-bond acceptors (Lipinski definition) is 5. The lowest BCUT2D eigenvalue weighted by Gasteiger charge is -2.34. The van der Waals surface area contributed by atoms with E-state index in [1.165, 1.54) is 17.7 Å². The number of nitrogens with zero attached hydrogens (tertiary/aromatic N) is 2. The van der Waals surface area contributed by atoms with Gasteiger partial charge < -0.3 is 9.64 Å². The van der Waals surface area contributed by atoms with E-state index in [1.54, 1.807) is 12.1 Å². The van der Waals surface area contributed by atoms with Crippen LogP contribution in [0.3, 0.4) is 0 Å². The molecule has 0 spiro atoms. The molecule has 1 N–H and O–H groups in total. The van der Waals surface area contributed by atoms with Crippen molar-refractivity contribution >= 4 is 22.0 Å². The second-order valence-electron chi connectivity index (χ2n) is 8.01. The van der Waals surface area contributed by atoms with E-state index in [0.29, 0.717) is 25.4 Å². The summed E-state index contributed by atoms with van der Waals surface area (Å²) in [6.45, 7) is 6.20. The Morgan fingerprint density at radius 2 is 1.73 bits per heavy atom. The molecule has 0 unspecified atom stereocenters. The molecule has 2 aromatic carbocycles. The summed E-state index contributed by atoms with van der Waals surface area (Å²) in [5.74, 6) is 0.410. The van der Waals surface area contributed by atoms with Crippen LogP contribution in [0.5, 0.6) is 5.75 Å². The zero-order chi connectivity index (χ0) is 23.5. The fourth-order valence-electron chi connectivity index (χ4n) is 3.50. The number of hydrogen-bond donors (Lipinski definition) is 1. The topological polar surface area (TPSA) is 78.9 Å². The van der Waals surface area contributed by atoms with E-state index in [4.69, 9.17) is 4.74 Å². The second-order valence-corrected chi connectivity index (χ2v) is 9.77. The Morgan fingerprint density at radius 3 is 2.39 bits per heavy atom. The number of nitrogens with one attached hydrogen (secondary N) is 1. The fraction of sp³-hybridized carbons (Fsp3) is 0.400. The molecule has 178 valence electrons. The summed E-state index contributed by atoms with van der Waals surface area (Å²) in [6.07, 6.45) is 5.98. The van der Waals surface area contributed by atoms with Crippen molar-refractivity contribution in [2.75, 3.05) is 45.9 Å². The Bertz CT molecular complexity index is 1000. The van der Waals surface area contributed by atoms with Gasteiger partial charge in [-0.25, -0.2) is 13.1 Å². The highest BCUT2D eigenvalue weighted by Gasteiger charge is 2.21. The van der Waals surface area contributed by atoms with Crippen LogP contribution in [0, 0.1) is 0 Å². The minimum atomic E-state index is -3.52. The van der Waals surface area contributed by atoms with Gasteiger partial charge in [-0.2, -0.15) is 0 Å². The van der Waals surface area contributed by atoms with Crippen molar-refractivity contribution in [2.24, 2.45) is 0 Å². The summed E-state index contributed by atoms with van der Waals surface area (Å²) in [7, 11) is -3.52. The van der Waals surface area contributed by atoms with Gasteiger partial charge in [-0.3, -0.25) is 9.69 Å². The maximum absolute atomic E-state index is 12.5. The van der Waals surface area contributed by atoms with Crippen LogP contribution in [0.15, 0.2) is 65.6 Å². The summed E-state index contributed by atoms with van der Waals surface area (Å²) in [5, 5.41) is 0. The van der Waals surface area contributed by atoms with Gasteiger partial charge in [0.2, 0.25) is 10.0 Å². The predicted molar refractivity (Wildman–Crippen MR) is 131 cm³/mol. The molecular formula is C25H33N3O4S. The van der Waals surface area contributed by atoms with Gasteiger partial charge in [-0.05, 0) is 36.2 Å². The molecule has 2 aromatic rings. The van der Waals surface area contributed by atoms with Crippen LogP contribution in [-0.4, -0.2) is 70.0 Å². The van der Waals surface area contributed by atoms with Crippen LogP contribution in [0.25, 0.3) is 6.08 Å². The Morgan fingerprint density at radius 1 is 1.03 bits per heavy atom. The molecule has 3 rings (SSSR count). The number of unbranched alkanes of at least 4 members (excludes halogenated alkanes) is 1. The van der Waals surface area contributed by atoms with Crippen LogP contribution < -0.4 is 9.46 Å². The maximum Gasteiger partial charge on any atom is 0.260 e. The van der Waals surface area contributed by atoms with Crippen molar-refractivity contribution in [1.82, 2.24) is 14.5 Å². The highest BCUT2D eigenvalue weighted by atomic mass is 32.2. The van der Waals surface area contributed by atoms with E-state index in [9.17, 15) is 13.2 Å². The molecule has 8 heteroatoms. The third-order valence-corrected chi connectivity index (χ3v) is 6.99. The molecular weight excluding hydrogens is 438 g/mol. The van der Waals surface area contributed by atoms with Gasteiger partial charge in [-0.1, -0.05) is 55.8 Å². The largest absolute Gasteiger partial charge is 0.484 e. The summed E-state index contributed by atoms with van der Waals surface area (Å²) in [4.78, 5) is 16.8. The van der Waals surface area contributed by atoms with E-state index in [1.807, 2.05) is 30.0 Å². The molecule has 0 aromatic heterocycles. The molecule has 1 heterocycles. The second kappa shape index (κ2) is 12.5. The molecule has 1 saturated heterocycles. The van der Waals surface area contributed by atoms with Crippen LogP contribution >= 0.6 is 0 Å². The minimum Gasteiger partial charge on any atom is -0.484 e. The summed E-state index contributed by atoms with van der Waals surface area (Å²) in [5.41, 5.74) is 1.18. The summed E-state index contributed by atoms with van der Waals surface area (Å²) >= 11 is 0. The fourth-order valence-corrected chi connectivity index (χ4v) is 4.57. The number of sulfonamides is 1. The molecule has 0 atom stereocenters. The summed E-state index contributed by atoms with van der Waals surface area (Å²) < 4.78 is 32.6. The van der Waals surface area contributed by atoms with Crippen molar-refractivity contribution in [2.45, 2.75) is 24.7 Å². The smallest absolute Gasteiger partial charge is 0.260 e. The highest BCUT2D eigenvalue weighted by Crippen LogP contribution is 2.16. The van der Waals surface area contributed by atoms with Gasteiger partial charge in [-0.15, -0.1) is 0 Å². The molecule has 7 nitrogen and oxygen atoms in total. The Balaban J connectivity index is 1.39. The molecule has 0 bridgehead atoms. The van der Waals surface area contributed by atoms with E-state index in [0.717, 1.165) is 32.5 Å². The van der Waals surface area contributed by atoms with Gasteiger partial charge in [0.15, 0.2) is 6.61 Å². The quantitative estimate of drug-likeness (QED) is 0.510. The van der Waals surface area contributed by atoms with Crippen molar-refractivity contribution in [3.63, 3.8) is 0 Å². The first-order chi connectivity index (χ1) is 16.0. The number of carbonyl (C=O) groups is 1. The van der Waals surface area contributed by atoms with Crippen LogP contribution in [0.4, 0.5) is 0 Å². The lowest BCUT2D eigenvalue weighted by Crippen LogP contribution is -2.49. The zero-order valence-corrected chi connectivity index (χ0v) is 20.0. The van der Waals surface area contributed by atoms with Gasteiger partial charge in [0, 0.05) is 39.3 Å². The van der Waals surface area contributed by atoms with E-state index < -0.39 is 10.0 Å². The van der Waals surface area contributed by atoms with Crippen molar-refractivity contribution in [3.05, 3.63) is 66.2 Å². The lowest BCUT2D eigenvalue weighted by molar-refractivity contribution is -0.135. The molecule has 1 fully saturated rings. The third kappa shape index (κ3) is 7.99. The standard InChI is InChI=1S/C25H33N3O4S/c1-2-3-15-26-33(30,31)24-13-11-23(12-14-24)32-21-25(29)28-19-17-27(18-20-28)16-7-10-22-8-5-4-6-9-22/h4-14,26H,2-3,15-21H2,1H3/b10-7+. The molecule has 0 aliphatic carbocycles. The van der Waals surface area contributed by atoms with Crippen LogP contribution in [-0.2, 0) is 14.8 Å².